The van der Waals surface area contributed by atoms with Crippen molar-refractivity contribution in [3.63, 3.8) is 0 Å². The van der Waals surface area contributed by atoms with E-state index in [-0.39, 0.29) is 25.6 Å². The molecule has 2 atom stereocenters. The largest absolute Gasteiger partial charge is 0.457 e. The van der Waals surface area contributed by atoms with Crippen molar-refractivity contribution in [2.24, 2.45) is 5.92 Å². The molecule has 0 radical (unpaired) electrons. The zero-order valence-corrected chi connectivity index (χ0v) is 21.0. The summed E-state index contributed by atoms with van der Waals surface area (Å²) in [4.78, 5) is 40.3. The first-order valence-corrected chi connectivity index (χ1v) is 12.4. The minimum Gasteiger partial charge on any atom is -0.457 e. The molecular formula is C29H31NO7. The fourth-order valence-electron chi connectivity index (χ4n) is 4.41. The van der Waals surface area contributed by atoms with Gasteiger partial charge < -0.3 is 19.0 Å². The number of hydrogen-bond donors (Lipinski definition) is 1. The van der Waals surface area contributed by atoms with Crippen molar-refractivity contribution >= 4 is 17.8 Å². The topological polar surface area (TPSA) is 106 Å². The molecule has 37 heavy (non-hydrogen) atoms. The van der Waals surface area contributed by atoms with Crippen LogP contribution in [0.3, 0.4) is 0 Å². The third-order valence-electron chi connectivity index (χ3n) is 6.37. The Morgan fingerprint density at radius 1 is 1.11 bits per heavy atom. The number of ether oxygens (including phenoxy) is 2. The lowest BCUT2D eigenvalue weighted by Crippen LogP contribution is -2.40. The maximum Gasteiger partial charge on any atom is 0.417 e. The smallest absolute Gasteiger partial charge is 0.417 e. The second kappa shape index (κ2) is 12.0. The van der Waals surface area contributed by atoms with E-state index in [0.29, 0.717) is 25.2 Å². The maximum absolute atomic E-state index is 13.4. The third kappa shape index (κ3) is 5.98. The first kappa shape index (κ1) is 26.3. The molecule has 2 aromatic carbocycles. The van der Waals surface area contributed by atoms with Crippen LogP contribution in [-0.2, 0) is 20.7 Å². The summed E-state index contributed by atoms with van der Waals surface area (Å²) in [5.74, 6) is -1.60. The summed E-state index contributed by atoms with van der Waals surface area (Å²) < 4.78 is 16.5. The number of aliphatic hydroxyl groups is 1. The van der Waals surface area contributed by atoms with E-state index in [9.17, 15) is 14.4 Å². The number of aliphatic hydroxyl groups excluding tert-OH is 1. The Balaban J connectivity index is 1.57. The highest BCUT2D eigenvalue weighted by atomic mass is 16.6. The molecule has 1 aromatic heterocycles. The summed E-state index contributed by atoms with van der Waals surface area (Å²) in [6, 6.07) is 18.1. The Morgan fingerprint density at radius 2 is 1.89 bits per heavy atom. The van der Waals surface area contributed by atoms with Gasteiger partial charge in [-0.25, -0.2) is 9.69 Å². The van der Waals surface area contributed by atoms with Gasteiger partial charge in [-0.05, 0) is 37.5 Å². The lowest BCUT2D eigenvalue weighted by Gasteiger charge is -2.22. The van der Waals surface area contributed by atoms with E-state index < -0.39 is 29.7 Å². The normalized spacial score (nSPS) is 16.0. The van der Waals surface area contributed by atoms with Crippen LogP contribution in [-0.4, -0.2) is 54.2 Å². The van der Waals surface area contributed by atoms with Crippen molar-refractivity contribution in [3.05, 3.63) is 83.3 Å². The Kier molecular flexibility index (Phi) is 8.53. The molecule has 1 fully saturated rings. The van der Waals surface area contributed by atoms with Gasteiger partial charge >= 0.3 is 6.09 Å². The van der Waals surface area contributed by atoms with Gasteiger partial charge in [0.15, 0.2) is 5.76 Å². The summed E-state index contributed by atoms with van der Waals surface area (Å²) in [5, 5.41) is 8.90. The Bertz CT molecular complexity index is 1250. The molecule has 1 N–H and O–H groups in total. The molecule has 194 valence electrons. The number of rotatable bonds is 11. The number of benzene rings is 2. The zero-order valence-electron chi connectivity index (χ0n) is 21.0. The predicted molar refractivity (Wildman–Crippen MR) is 136 cm³/mol. The van der Waals surface area contributed by atoms with E-state index in [1.807, 2.05) is 61.5 Å². The summed E-state index contributed by atoms with van der Waals surface area (Å²) in [6.07, 6.45) is 0.382. The number of furan rings is 1. The van der Waals surface area contributed by atoms with Crippen molar-refractivity contribution in [2.45, 2.75) is 32.7 Å². The highest BCUT2D eigenvalue weighted by Crippen LogP contribution is 2.33. The number of ketones is 1. The van der Waals surface area contributed by atoms with Crippen molar-refractivity contribution in [2.75, 3.05) is 26.4 Å². The Labute approximate surface area is 215 Å². The minimum atomic E-state index is -1.14. The lowest BCUT2D eigenvalue weighted by atomic mass is 9.98. The van der Waals surface area contributed by atoms with Gasteiger partial charge in [0.2, 0.25) is 11.7 Å². The van der Waals surface area contributed by atoms with Crippen molar-refractivity contribution < 1.29 is 33.4 Å². The number of carbonyl (C=O) groups is 3. The molecule has 0 saturated carbocycles. The SMILES string of the molecule is Cc1cccc(-c2cc(C(=O)C(C)C(=O)N3C(=O)OCC3c3ccccc3)oc2CCCOCCO)c1. The molecule has 1 aliphatic rings. The average Bonchev–Trinajstić information content (AvgIpc) is 3.51. The molecule has 1 aliphatic heterocycles. The van der Waals surface area contributed by atoms with E-state index in [1.54, 1.807) is 6.07 Å². The predicted octanol–water partition coefficient (Wildman–Crippen LogP) is 4.74. The van der Waals surface area contributed by atoms with Gasteiger partial charge in [-0.15, -0.1) is 0 Å². The van der Waals surface area contributed by atoms with Crippen molar-refractivity contribution in [3.8, 4) is 11.1 Å². The van der Waals surface area contributed by atoms with Crippen LogP contribution in [0.4, 0.5) is 4.79 Å². The maximum atomic E-state index is 13.4. The number of amides is 2. The zero-order chi connectivity index (χ0) is 26.4. The van der Waals surface area contributed by atoms with E-state index >= 15 is 0 Å². The van der Waals surface area contributed by atoms with Crippen LogP contribution in [0.1, 0.15) is 46.8 Å². The van der Waals surface area contributed by atoms with Crippen LogP contribution in [0.25, 0.3) is 11.1 Å². The second-order valence-corrected chi connectivity index (χ2v) is 9.05. The number of hydrogen-bond acceptors (Lipinski definition) is 7. The molecule has 0 aliphatic carbocycles. The first-order valence-electron chi connectivity index (χ1n) is 12.4. The highest BCUT2D eigenvalue weighted by molar-refractivity contribution is 6.12. The Morgan fingerprint density at radius 3 is 2.62 bits per heavy atom. The number of Topliss-reactive ketones (excluding diaryl/α,β-unsaturated/α-hetero) is 1. The second-order valence-electron chi connectivity index (χ2n) is 9.05. The molecule has 2 amide bonds. The molecule has 2 heterocycles. The van der Waals surface area contributed by atoms with Crippen LogP contribution in [0.2, 0.25) is 0 Å². The van der Waals surface area contributed by atoms with Gasteiger partial charge in [-0.1, -0.05) is 60.2 Å². The molecule has 8 nitrogen and oxygen atoms in total. The van der Waals surface area contributed by atoms with Crippen LogP contribution < -0.4 is 0 Å². The summed E-state index contributed by atoms with van der Waals surface area (Å²) >= 11 is 0. The standard InChI is InChI=1S/C29H31NO7/c1-19-8-6-11-22(16-19)23-17-26(37-25(23)12-7-14-35-15-13-31)27(32)20(2)28(33)30-24(18-36-29(30)34)21-9-4-3-5-10-21/h3-6,8-11,16-17,20,24,31H,7,12-15,18H2,1-2H3. The fraction of sp³-hybridized carbons (Fsp3) is 0.345. The van der Waals surface area contributed by atoms with Gasteiger partial charge in [0.25, 0.3) is 0 Å². The molecular weight excluding hydrogens is 474 g/mol. The highest BCUT2D eigenvalue weighted by Gasteiger charge is 2.42. The number of aryl methyl sites for hydroxylation is 2. The minimum absolute atomic E-state index is 0.0380. The van der Waals surface area contributed by atoms with Gasteiger partial charge in [-0.2, -0.15) is 0 Å². The van der Waals surface area contributed by atoms with Crippen LogP contribution in [0, 0.1) is 12.8 Å². The van der Waals surface area contributed by atoms with Crippen molar-refractivity contribution in [1.82, 2.24) is 4.90 Å². The van der Waals surface area contributed by atoms with Crippen molar-refractivity contribution in [1.29, 1.82) is 0 Å². The molecule has 2 unspecified atom stereocenters. The number of nitrogens with zero attached hydrogens (tertiary/aromatic N) is 1. The Hall–Kier alpha value is -3.75. The first-order chi connectivity index (χ1) is 17.9. The molecule has 0 bridgehead atoms. The lowest BCUT2D eigenvalue weighted by molar-refractivity contribution is -0.131. The summed E-state index contributed by atoms with van der Waals surface area (Å²) in [7, 11) is 0. The van der Waals surface area contributed by atoms with Gasteiger partial charge in [0.05, 0.1) is 13.2 Å². The van der Waals surface area contributed by atoms with E-state index in [2.05, 4.69) is 0 Å². The molecule has 3 aromatic rings. The number of cyclic esters (lactones) is 1. The monoisotopic (exact) mass is 505 g/mol. The van der Waals surface area contributed by atoms with Crippen LogP contribution >= 0.6 is 0 Å². The van der Waals surface area contributed by atoms with Gasteiger partial charge in [-0.3, -0.25) is 9.59 Å². The van der Waals surface area contributed by atoms with E-state index in [4.69, 9.17) is 19.0 Å². The quantitative estimate of drug-likeness (QED) is 0.228. The van der Waals surface area contributed by atoms with E-state index in [0.717, 1.165) is 27.2 Å². The van der Waals surface area contributed by atoms with E-state index in [1.165, 1.54) is 6.92 Å². The molecule has 4 rings (SSSR count). The molecule has 0 spiro atoms. The molecule has 1 saturated heterocycles. The van der Waals surface area contributed by atoms with Crippen LogP contribution in [0.5, 0.6) is 0 Å². The number of imide groups is 1. The average molecular weight is 506 g/mol. The summed E-state index contributed by atoms with van der Waals surface area (Å²) in [5.41, 5.74) is 3.50. The summed E-state index contributed by atoms with van der Waals surface area (Å²) in [6.45, 7) is 4.15. The van der Waals surface area contributed by atoms with Gasteiger partial charge in [0.1, 0.15) is 24.3 Å². The molecule has 8 heteroatoms. The third-order valence-corrected chi connectivity index (χ3v) is 6.37. The van der Waals surface area contributed by atoms with Crippen LogP contribution in [0.15, 0.2) is 65.1 Å². The van der Waals surface area contributed by atoms with Gasteiger partial charge in [0, 0.05) is 18.6 Å². The number of carbonyl (C=O) groups excluding carboxylic acids is 3. The fourth-order valence-corrected chi connectivity index (χ4v) is 4.41.